The molecule has 7 heteroatoms. The second kappa shape index (κ2) is 6.64. The van der Waals surface area contributed by atoms with Crippen molar-refractivity contribution in [3.05, 3.63) is 30.0 Å². The van der Waals surface area contributed by atoms with Crippen molar-refractivity contribution in [2.24, 2.45) is 7.05 Å². The Kier molecular flexibility index (Phi) is 4.58. The largest absolute Gasteiger partial charge is 0.394 e. The number of aromatic nitrogens is 4. The molecule has 23 heavy (non-hydrogen) atoms. The Bertz CT molecular complexity index is 823. The number of nitrogens with zero attached hydrogens (tertiary/aromatic N) is 4. The number of nitrogens with two attached hydrogens (primary N) is 1. The number of benzene rings is 1. The van der Waals surface area contributed by atoms with Crippen LogP contribution in [0.4, 0.5) is 5.82 Å². The first-order chi connectivity index (χ1) is 11.2. The van der Waals surface area contributed by atoms with Gasteiger partial charge in [0.2, 0.25) is 0 Å². The molecular weight excluding hydrogens is 310 g/mol. The maximum absolute atomic E-state index is 9.22. The lowest BCUT2D eigenvalue weighted by atomic mass is 10.2. The number of thioether (sulfide) groups is 1. The summed E-state index contributed by atoms with van der Waals surface area (Å²) in [5.41, 5.74) is 10.1. The van der Waals surface area contributed by atoms with Crippen molar-refractivity contribution in [1.82, 2.24) is 19.3 Å². The summed E-state index contributed by atoms with van der Waals surface area (Å²) in [6.45, 7) is 2.52. The zero-order valence-electron chi connectivity index (χ0n) is 13.4. The van der Waals surface area contributed by atoms with Crippen LogP contribution in [0.1, 0.15) is 12.6 Å². The van der Waals surface area contributed by atoms with E-state index < -0.39 is 0 Å². The Morgan fingerprint density at radius 2 is 2.09 bits per heavy atom. The number of hydrogen-bond acceptors (Lipinski definition) is 5. The molecule has 122 valence electrons. The third-order valence-corrected chi connectivity index (χ3v) is 4.72. The van der Waals surface area contributed by atoms with Crippen LogP contribution >= 0.6 is 11.8 Å². The fourth-order valence-electron chi connectivity index (χ4n) is 2.70. The highest BCUT2D eigenvalue weighted by Gasteiger charge is 2.21. The van der Waals surface area contributed by atoms with Gasteiger partial charge in [-0.15, -0.1) is 0 Å². The van der Waals surface area contributed by atoms with E-state index in [1.807, 2.05) is 35.9 Å². The molecule has 3 aromatic rings. The Balaban J connectivity index is 2.17. The van der Waals surface area contributed by atoms with Gasteiger partial charge in [-0.05, 0) is 17.9 Å². The van der Waals surface area contributed by atoms with E-state index >= 15 is 0 Å². The lowest BCUT2D eigenvalue weighted by Gasteiger charge is -2.05. The first-order valence-corrected chi connectivity index (χ1v) is 8.78. The van der Waals surface area contributed by atoms with Crippen molar-refractivity contribution >= 4 is 28.6 Å². The predicted molar refractivity (Wildman–Crippen MR) is 95.3 cm³/mol. The highest BCUT2D eigenvalue weighted by Crippen LogP contribution is 2.33. The Labute approximate surface area is 139 Å². The van der Waals surface area contributed by atoms with Gasteiger partial charge in [0.25, 0.3) is 0 Å². The third kappa shape index (κ3) is 2.82. The number of imidazole rings is 1. The highest BCUT2D eigenvalue weighted by atomic mass is 32.2. The summed E-state index contributed by atoms with van der Waals surface area (Å²) in [6, 6.07) is 8.01. The first-order valence-electron chi connectivity index (χ1n) is 7.63. The van der Waals surface area contributed by atoms with Crippen molar-refractivity contribution in [2.45, 2.75) is 19.2 Å². The summed E-state index contributed by atoms with van der Waals surface area (Å²) in [5, 5.41) is 13.8. The molecule has 3 N–H and O–H groups in total. The van der Waals surface area contributed by atoms with Crippen LogP contribution in [-0.4, -0.2) is 36.8 Å². The van der Waals surface area contributed by atoms with E-state index in [4.69, 9.17) is 10.7 Å². The van der Waals surface area contributed by atoms with Gasteiger partial charge in [-0.3, -0.25) is 0 Å². The van der Waals surface area contributed by atoms with Gasteiger partial charge in [0.05, 0.1) is 35.4 Å². The molecule has 0 fully saturated rings. The minimum absolute atomic E-state index is 0.00816. The van der Waals surface area contributed by atoms with Crippen molar-refractivity contribution in [3.8, 4) is 11.4 Å². The summed E-state index contributed by atoms with van der Waals surface area (Å²) in [4.78, 5) is 4.74. The molecule has 0 saturated carbocycles. The Morgan fingerprint density at radius 1 is 1.30 bits per heavy atom. The van der Waals surface area contributed by atoms with E-state index in [0.29, 0.717) is 12.4 Å². The molecule has 2 aromatic heterocycles. The van der Waals surface area contributed by atoms with Gasteiger partial charge in [0.15, 0.2) is 0 Å². The number of hydrogen-bond donors (Lipinski definition) is 2. The third-order valence-electron chi connectivity index (χ3n) is 3.83. The quantitative estimate of drug-likeness (QED) is 0.724. The topological polar surface area (TPSA) is 81.9 Å². The first kappa shape index (κ1) is 15.9. The molecule has 0 unspecified atom stereocenters. The molecule has 0 aliphatic rings. The molecule has 0 aliphatic heterocycles. The van der Waals surface area contributed by atoms with Crippen LogP contribution in [0.2, 0.25) is 0 Å². The van der Waals surface area contributed by atoms with Crippen LogP contribution in [-0.2, 0) is 19.3 Å². The average Bonchev–Trinajstić information content (AvgIpc) is 3.04. The zero-order chi connectivity index (χ0) is 16.4. The van der Waals surface area contributed by atoms with Gasteiger partial charge < -0.3 is 15.4 Å². The summed E-state index contributed by atoms with van der Waals surface area (Å²) in [5.74, 6) is 3.16. The summed E-state index contributed by atoms with van der Waals surface area (Å²) in [7, 11) is 1.99. The highest BCUT2D eigenvalue weighted by molar-refractivity contribution is 7.98. The van der Waals surface area contributed by atoms with E-state index in [-0.39, 0.29) is 6.61 Å². The minimum Gasteiger partial charge on any atom is -0.394 e. The lowest BCUT2D eigenvalue weighted by Crippen LogP contribution is -2.08. The fourth-order valence-corrected chi connectivity index (χ4v) is 3.30. The van der Waals surface area contributed by atoms with Gasteiger partial charge in [0, 0.05) is 12.8 Å². The number of aliphatic hydroxyl groups is 1. The zero-order valence-corrected chi connectivity index (χ0v) is 14.2. The van der Waals surface area contributed by atoms with E-state index in [9.17, 15) is 5.11 Å². The maximum atomic E-state index is 9.22. The molecule has 3 rings (SSSR count). The minimum atomic E-state index is 0.00816. The fraction of sp³-hybridized carbons (Fsp3) is 0.375. The Hall–Kier alpha value is -1.99. The molecule has 6 nitrogen and oxygen atoms in total. The van der Waals surface area contributed by atoms with E-state index in [0.717, 1.165) is 39.6 Å². The molecule has 1 aromatic carbocycles. The molecule has 0 radical (unpaired) electrons. The van der Waals surface area contributed by atoms with Crippen LogP contribution < -0.4 is 5.73 Å². The van der Waals surface area contributed by atoms with Crippen LogP contribution in [0.5, 0.6) is 0 Å². The molecule has 0 bridgehead atoms. The molecule has 0 spiro atoms. The predicted octanol–water partition coefficient (Wildman–Crippen LogP) is 2.26. The molecule has 0 saturated heterocycles. The normalized spacial score (nSPS) is 11.4. The lowest BCUT2D eigenvalue weighted by molar-refractivity contribution is 0.270. The Morgan fingerprint density at radius 3 is 2.78 bits per heavy atom. The van der Waals surface area contributed by atoms with Crippen LogP contribution in [0.15, 0.2) is 24.3 Å². The summed E-state index contributed by atoms with van der Waals surface area (Å²) in [6.07, 6.45) is 0. The molecular formula is C16H21N5OS. The number of aryl methyl sites for hydroxylation is 1. The number of para-hydroxylation sites is 2. The van der Waals surface area contributed by atoms with Crippen molar-refractivity contribution in [1.29, 1.82) is 0 Å². The summed E-state index contributed by atoms with van der Waals surface area (Å²) < 4.78 is 3.71. The molecule has 0 amide bonds. The van der Waals surface area contributed by atoms with Gasteiger partial charge in [-0.2, -0.15) is 16.9 Å². The van der Waals surface area contributed by atoms with Crippen molar-refractivity contribution in [2.75, 3.05) is 18.1 Å². The smallest absolute Gasteiger partial charge is 0.146 e. The molecule has 0 atom stereocenters. The second-order valence-electron chi connectivity index (χ2n) is 5.27. The van der Waals surface area contributed by atoms with Crippen molar-refractivity contribution in [3.63, 3.8) is 0 Å². The van der Waals surface area contributed by atoms with E-state index in [2.05, 4.69) is 12.0 Å². The van der Waals surface area contributed by atoms with Gasteiger partial charge in [-0.25, -0.2) is 9.67 Å². The molecule has 2 heterocycles. The van der Waals surface area contributed by atoms with E-state index in [1.165, 1.54) is 0 Å². The standard InChI is InChI=1S/C16H21N5OS/c1-3-23-10-12-14(15(17)21(19-12)8-9-22)16-18-11-6-4-5-7-13(11)20(16)2/h4-7,22H,3,8-10,17H2,1-2H3. The number of rotatable bonds is 6. The van der Waals surface area contributed by atoms with Crippen molar-refractivity contribution < 1.29 is 5.11 Å². The van der Waals surface area contributed by atoms with Crippen LogP contribution in [0.3, 0.4) is 0 Å². The monoisotopic (exact) mass is 331 g/mol. The summed E-state index contributed by atoms with van der Waals surface area (Å²) >= 11 is 1.79. The SMILES string of the molecule is CCSCc1nn(CCO)c(N)c1-c1nc2ccccc2n1C. The van der Waals surface area contributed by atoms with Crippen LogP contribution in [0.25, 0.3) is 22.4 Å². The van der Waals surface area contributed by atoms with Gasteiger partial charge in [-0.1, -0.05) is 19.1 Å². The second-order valence-corrected chi connectivity index (χ2v) is 6.55. The number of anilines is 1. The maximum Gasteiger partial charge on any atom is 0.146 e. The number of aliphatic hydroxyl groups excluding tert-OH is 1. The van der Waals surface area contributed by atoms with Gasteiger partial charge >= 0.3 is 0 Å². The molecule has 0 aliphatic carbocycles. The van der Waals surface area contributed by atoms with Crippen LogP contribution in [0, 0.1) is 0 Å². The average molecular weight is 331 g/mol. The van der Waals surface area contributed by atoms with Gasteiger partial charge in [0.1, 0.15) is 11.6 Å². The number of fused-ring (bicyclic) bond motifs is 1. The number of nitrogen functional groups attached to an aromatic ring is 1. The van der Waals surface area contributed by atoms with E-state index in [1.54, 1.807) is 16.4 Å².